The molecule has 1 spiro atoms. The molecule has 0 atom stereocenters. The lowest BCUT2D eigenvalue weighted by Crippen LogP contribution is -2.46. The van der Waals surface area contributed by atoms with Gasteiger partial charge >= 0.3 is 0 Å². The molecule has 5 rings (SSSR count). The number of hydrogen-bond acceptors (Lipinski definition) is 4. The Morgan fingerprint density at radius 2 is 2.04 bits per heavy atom. The molecule has 3 heterocycles. The summed E-state index contributed by atoms with van der Waals surface area (Å²) in [6, 6.07) is 6.33. The molecule has 4 nitrogen and oxygen atoms in total. The van der Waals surface area contributed by atoms with Gasteiger partial charge in [0.05, 0.1) is 11.5 Å². The normalized spacial score (nSPS) is 20.3. The Bertz CT molecular complexity index is 880. The van der Waals surface area contributed by atoms with E-state index in [9.17, 15) is 4.79 Å². The SMILES string of the molecule is NCc1ccc2c(c1)C1(CCN(C(=O)c3scc4c3CCCC4)CC1)CO2. The van der Waals surface area contributed by atoms with Gasteiger partial charge in [-0.05, 0) is 66.7 Å². The van der Waals surface area contributed by atoms with Crippen molar-refractivity contribution in [3.63, 3.8) is 0 Å². The van der Waals surface area contributed by atoms with Crippen LogP contribution in [0.3, 0.4) is 0 Å². The van der Waals surface area contributed by atoms with E-state index < -0.39 is 0 Å². The summed E-state index contributed by atoms with van der Waals surface area (Å²) in [4.78, 5) is 16.2. The fourth-order valence-electron chi connectivity index (χ4n) is 4.93. The van der Waals surface area contributed by atoms with Crippen LogP contribution in [0.5, 0.6) is 5.75 Å². The Labute approximate surface area is 164 Å². The van der Waals surface area contributed by atoms with E-state index in [4.69, 9.17) is 10.5 Å². The van der Waals surface area contributed by atoms with Crippen LogP contribution in [0.4, 0.5) is 0 Å². The Hall–Kier alpha value is -1.85. The quantitative estimate of drug-likeness (QED) is 0.862. The van der Waals surface area contributed by atoms with Crippen molar-refractivity contribution in [2.75, 3.05) is 19.7 Å². The summed E-state index contributed by atoms with van der Waals surface area (Å²) in [5, 5.41) is 2.21. The van der Waals surface area contributed by atoms with Gasteiger partial charge in [-0.3, -0.25) is 4.79 Å². The van der Waals surface area contributed by atoms with E-state index in [0.29, 0.717) is 6.54 Å². The van der Waals surface area contributed by atoms with Crippen molar-refractivity contribution in [3.8, 4) is 5.75 Å². The summed E-state index contributed by atoms with van der Waals surface area (Å²) >= 11 is 1.65. The van der Waals surface area contributed by atoms with Gasteiger partial charge in [-0.2, -0.15) is 0 Å². The third-order valence-corrected chi connectivity index (χ3v) is 7.72. The Balaban J connectivity index is 1.34. The van der Waals surface area contributed by atoms with Gasteiger partial charge in [0, 0.05) is 30.6 Å². The van der Waals surface area contributed by atoms with Crippen molar-refractivity contribution in [1.29, 1.82) is 0 Å². The van der Waals surface area contributed by atoms with Crippen LogP contribution in [0.25, 0.3) is 0 Å². The van der Waals surface area contributed by atoms with Crippen LogP contribution in [-0.2, 0) is 24.8 Å². The summed E-state index contributed by atoms with van der Waals surface area (Å²) in [6.45, 7) is 2.90. The van der Waals surface area contributed by atoms with Gasteiger partial charge in [-0.15, -0.1) is 11.3 Å². The van der Waals surface area contributed by atoms with E-state index in [-0.39, 0.29) is 11.3 Å². The molecule has 5 heteroatoms. The van der Waals surface area contributed by atoms with E-state index in [2.05, 4.69) is 28.5 Å². The van der Waals surface area contributed by atoms with Crippen molar-refractivity contribution < 1.29 is 9.53 Å². The van der Waals surface area contributed by atoms with Crippen molar-refractivity contribution in [3.05, 3.63) is 50.7 Å². The molecule has 0 bridgehead atoms. The number of nitrogens with zero attached hydrogens (tertiary/aromatic N) is 1. The molecule has 1 aliphatic carbocycles. The number of benzene rings is 1. The van der Waals surface area contributed by atoms with Gasteiger partial charge in [0.2, 0.25) is 0 Å². The van der Waals surface area contributed by atoms with Crippen molar-refractivity contribution in [1.82, 2.24) is 4.90 Å². The molecule has 0 saturated carbocycles. The minimum atomic E-state index is 0.0478. The number of likely N-dealkylation sites (tertiary alicyclic amines) is 1. The number of fused-ring (bicyclic) bond motifs is 3. The second-order valence-electron chi connectivity index (χ2n) is 8.17. The van der Waals surface area contributed by atoms with E-state index in [1.807, 2.05) is 0 Å². The van der Waals surface area contributed by atoms with Crippen LogP contribution in [0, 0.1) is 0 Å². The van der Waals surface area contributed by atoms with Crippen LogP contribution in [0.2, 0.25) is 0 Å². The first-order valence-electron chi connectivity index (χ1n) is 10.0. The third-order valence-electron chi connectivity index (χ3n) is 6.66. The monoisotopic (exact) mass is 382 g/mol. The zero-order valence-electron chi connectivity index (χ0n) is 15.6. The zero-order valence-corrected chi connectivity index (χ0v) is 16.4. The lowest BCUT2D eigenvalue weighted by atomic mass is 9.74. The van der Waals surface area contributed by atoms with Crippen LogP contribution >= 0.6 is 11.3 Å². The molecular weight excluding hydrogens is 356 g/mol. The number of carbonyl (C=O) groups is 1. The number of ether oxygens (including phenoxy) is 1. The minimum Gasteiger partial charge on any atom is -0.492 e. The highest BCUT2D eigenvalue weighted by Gasteiger charge is 2.44. The summed E-state index contributed by atoms with van der Waals surface area (Å²) in [6.07, 6.45) is 6.61. The van der Waals surface area contributed by atoms with Gasteiger partial charge < -0.3 is 15.4 Å². The number of carbonyl (C=O) groups excluding carboxylic acids is 1. The van der Waals surface area contributed by atoms with Crippen molar-refractivity contribution in [2.24, 2.45) is 5.73 Å². The molecule has 1 aromatic carbocycles. The number of hydrogen-bond donors (Lipinski definition) is 1. The number of nitrogens with two attached hydrogens (primary N) is 1. The van der Waals surface area contributed by atoms with Crippen LogP contribution in [-0.4, -0.2) is 30.5 Å². The van der Waals surface area contributed by atoms with E-state index in [0.717, 1.165) is 61.6 Å². The molecular formula is C22H26N2O2S. The predicted octanol–water partition coefficient (Wildman–Crippen LogP) is 3.65. The van der Waals surface area contributed by atoms with E-state index in [1.165, 1.54) is 29.5 Å². The number of piperidine rings is 1. The summed E-state index contributed by atoms with van der Waals surface area (Å²) < 4.78 is 5.99. The molecule has 2 N–H and O–H groups in total. The van der Waals surface area contributed by atoms with Gasteiger partial charge in [-0.25, -0.2) is 0 Å². The molecule has 1 fully saturated rings. The molecule has 0 unspecified atom stereocenters. The molecule has 27 heavy (non-hydrogen) atoms. The average molecular weight is 383 g/mol. The third kappa shape index (κ3) is 2.79. The van der Waals surface area contributed by atoms with Crippen molar-refractivity contribution in [2.45, 2.75) is 50.5 Å². The molecule has 1 saturated heterocycles. The minimum absolute atomic E-state index is 0.0478. The van der Waals surface area contributed by atoms with Gasteiger partial charge in [0.25, 0.3) is 5.91 Å². The van der Waals surface area contributed by atoms with Crippen LogP contribution in [0.1, 0.15) is 57.6 Å². The lowest BCUT2D eigenvalue weighted by Gasteiger charge is -2.38. The second-order valence-corrected chi connectivity index (χ2v) is 9.05. The zero-order chi connectivity index (χ0) is 18.4. The molecule has 142 valence electrons. The highest BCUT2D eigenvalue weighted by Crippen LogP contribution is 2.46. The van der Waals surface area contributed by atoms with Gasteiger partial charge in [0.1, 0.15) is 5.75 Å². The predicted molar refractivity (Wildman–Crippen MR) is 108 cm³/mol. The number of amides is 1. The Morgan fingerprint density at radius 1 is 1.22 bits per heavy atom. The van der Waals surface area contributed by atoms with Crippen LogP contribution in [0.15, 0.2) is 23.6 Å². The fraction of sp³-hybridized carbons (Fsp3) is 0.500. The first-order chi connectivity index (χ1) is 13.2. The van der Waals surface area contributed by atoms with E-state index in [1.54, 1.807) is 11.3 Å². The molecule has 2 aromatic rings. The number of aryl methyl sites for hydroxylation is 1. The first-order valence-corrected chi connectivity index (χ1v) is 10.9. The first kappa shape index (κ1) is 17.3. The average Bonchev–Trinajstić information content (AvgIpc) is 3.30. The summed E-state index contributed by atoms with van der Waals surface area (Å²) in [5.74, 6) is 1.24. The maximum absolute atomic E-state index is 13.2. The van der Waals surface area contributed by atoms with Gasteiger partial charge in [-0.1, -0.05) is 12.1 Å². The molecule has 1 amide bonds. The van der Waals surface area contributed by atoms with Crippen molar-refractivity contribution >= 4 is 17.2 Å². The molecule has 1 aromatic heterocycles. The lowest BCUT2D eigenvalue weighted by molar-refractivity contribution is 0.0650. The number of thiophene rings is 1. The standard InChI is InChI=1S/C22H26N2O2S/c23-12-15-5-6-19-18(11-15)22(14-26-19)7-9-24(10-8-22)21(25)20-17-4-2-1-3-16(17)13-27-20/h5-6,11,13H,1-4,7-10,12,14,23H2. The summed E-state index contributed by atoms with van der Waals surface area (Å²) in [7, 11) is 0. The summed E-state index contributed by atoms with van der Waals surface area (Å²) in [5.41, 5.74) is 11.1. The largest absolute Gasteiger partial charge is 0.492 e. The smallest absolute Gasteiger partial charge is 0.264 e. The number of rotatable bonds is 2. The maximum atomic E-state index is 13.2. The van der Waals surface area contributed by atoms with Gasteiger partial charge in [0.15, 0.2) is 0 Å². The fourth-order valence-corrected chi connectivity index (χ4v) is 6.06. The Morgan fingerprint density at radius 3 is 2.85 bits per heavy atom. The molecule has 2 aliphatic heterocycles. The highest BCUT2D eigenvalue weighted by atomic mass is 32.1. The molecule has 0 radical (unpaired) electrons. The topological polar surface area (TPSA) is 55.6 Å². The molecule has 3 aliphatic rings. The Kier molecular flexibility index (Phi) is 4.25. The van der Waals surface area contributed by atoms with Crippen LogP contribution < -0.4 is 10.5 Å². The highest BCUT2D eigenvalue weighted by molar-refractivity contribution is 7.12. The maximum Gasteiger partial charge on any atom is 0.264 e. The second kappa shape index (κ2) is 6.64. The van der Waals surface area contributed by atoms with E-state index >= 15 is 0 Å².